The highest BCUT2D eigenvalue weighted by atomic mass is 14.8. The molecule has 1 unspecified atom stereocenters. The minimum Gasteiger partial charge on any atom is -0.259 e. The monoisotopic (exact) mass is 204 g/mol. The number of rotatable bonds is 0. The third-order valence-electron chi connectivity index (χ3n) is 2.39. The maximum Gasteiger partial charge on any atom is 0.0843 e. The van der Waals surface area contributed by atoms with Crippen LogP contribution in [0.2, 0.25) is 0 Å². The second-order valence-corrected chi connectivity index (χ2v) is 3.77. The molecule has 82 valence electrons. The van der Waals surface area contributed by atoms with Crippen LogP contribution < -0.4 is 0 Å². The van der Waals surface area contributed by atoms with Gasteiger partial charge < -0.3 is 0 Å². The lowest BCUT2D eigenvalue weighted by atomic mass is 10.1. The summed E-state index contributed by atoms with van der Waals surface area (Å²) in [6, 6.07) is 2.11. The zero-order valence-electron chi connectivity index (χ0n) is 10.1. The van der Waals surface area contributed by atoms with Gasteiger partial charge in [0.15, 0.2) is 0 Å². The van der Waals surface area contributed by atoms with Crippen LogP contribution in [0.4, 0.5) is 5.69 Å². The number of hydrogen-bond donors (Lipinski definition) is 0. The standard InChI is InChI=1S/C11H14N2.C2H6/c1-8-3-4-10-11(13-6-8)5-9(2)7-12-10;1-2/h5-8H,3-4H2,1-2H3;1-2H3. The van der Waals surface area contributed by atoms with Gasteiger partial charge in [0.05, 0.1) is 11.4 Å². The van der Waals surface area contributed by atoms with Crippen molar-refractivity contribution in [3.63, 3.8) is 0 Å². The van der Waals surface area contributed by atoms with Crippen molar-refractivity contribution in [1.29, 1.82) is 0 Å². The average Bonchev–Trinajstić information content (AvgIpc) is 2.44. The van der Waals surface area contributed by atoms with Crippen molar-refractivity contribution in [2.75, 3.05) is 0 Å². The Labute approximate surface area is 92.5 Å². The molecular weight excluding hydrogens is 184 g/mol. The summed E-state index contributed by atoms with van der Waals surface area (Å²) in [6.07, 6.45) is 6.17. The van der Waals surface area contributed by atoms with Gasteiger partial charge in [0.1, 0.15) is 0 Å². The van der Waals surface area contributed by atoms with Crippen molar-refractivity contribution >= 4 is 11.9 Å². The fraction of sp³-hybridized carbons (Fsp3) is 0.538. The molecule has 2 nitrogen and oxygen atoms in total. The molecule has 0 saturated carbocycles. The molecule has 1 aromatic heterocycles. The molecule has 0 N–H and O–H groups in total. The first-order chi connectivity index (χ1) is 7.25. The first-order valence-corrected chi connectivity index (χ1v) is 5.75. The molecule has 2 heterocycles. The molecule has 15 heavy (non-hydrogen) atoms. The van der Waals surface area contributed by atoms with E-state index >= 15 is 0 Å². The number of nitrogens with zero attached hydrogens (tertiary/aromatic N) is 2. The van der Waals surface area contributed by atoms with E-state index in [1.54, 1.807) is 0 Å². The Balaban J connectivity index is 0.000000531. The van der Waals surface area contributed by atoms with Crippen LogP contribution in [0.15, 0.2) is 17.3 Å². The first-order valence-electron chi connectivity index (χ1n) is 5.75. The van der Waals surface area contributed by atoms with E-state index < -0.39 is 0 Å². The lowest BCUT2D eigenvalue weighted by Crippen LogP contribution is -1.96. The van der Waals surface area contributed by atoms with E-state index in [1.807, 2.05) is 26.3 Å². The first kappa shape index (κ1) is 11.9. The zero-order valence-corrected chi connectivity index (χ0v) is 10.1. The van der Waals surface area contributed by atoms with E-state index in [9.17, 15) is 0 Å². The van der Waals surface area contributed by atoms with E-state index in [2.05, 4.69) is 29.9 Å². The fourth-order valence-electron chi connectivity index (χ4n) is 1.53. The van der Waals surface area contributed by atoms with E-state index in [0.717, 1.165) is 24.2 Å². The summed E-state index contributed by atoms with van der Waals surface area (Å²) in [5.41, 5.74) is 3.39. The van der Waals surface area contributed by atoms with Gasteiger partial charge in [0.2, 0.25) is 0 Å². The van der Waals surface area contributed by atoms with E-state index in [1.165, 1.54) is 5.56 Å². The van der Waals surface area contributed by atoms with Crippen LogP contribution in [0, 0.1) is 12.8 Å². The van der Waals surface area contributed by atoms with Crippen molar-refractivity contribution < 1.29 is 0 Å². The molecule has 0 aliphatic carbocycles. The smallest absolute Gasteiger partial charge is 0.0843 e. The Kier molecular flexibility index (Phi) is 4.47. The number of aromatic nitrogens is 1. The third-order valence-corrected chi connectivity index (χ3v) is 2.39. The van der Waals surface area contributed by atoms with Crippen molar-refractivity contribution in [3.8, 4) is 0 Å². The largest absolute Gasteiger partial charge is 0.259 e. The van der Waals surface area contributed by atoms with Crippen molar-refractivity contribution in [1.82, 2.24) is 4.98 Å². The van der Waals surface area contributed by atoms with Crippen molar-refractivity contribution in [2.45, 2.75) is 40.5 Å². The molecule has 0 aromatic carbocycles. The Morgan fingerprint density at radius 2 is 2.07 bits per heavy atom. The lowest BCUT2D eigenvalue weighted by Gasteiger charge is -2.02. The van der Waals surface area contributed by atoms with E-state index in [0.29, 0.717) is 5.92 Å². The van der Waals surface area contributed by atoms with Crippen LogP contribution in [-0.2, 0) is 6.42 Å². The molecule has 0 bridgehead atoms. The summed E-state index contributed by atoms with van der Waals surface area (Å²) in [5.74, 6) is 0.578. The van der Waals surface area contributed by atoms with Crippen molar-refractivity contribution in [3.05, 3.63) is 23.5 Å². The van der Waals surface area contributed by atoms with Gasteiger partial charge in [-0.15, -0.1) is 0 Å². The molecule has 1 atom stereocenters. The van der Waals surface area contributed by atoms with Gasteiger partial charge in [-0.05, 0) is 37.3 Å². The van der Waals surface area contributed by atoms with Crippen LogP contribution in [0.25, 0.3) is 0 Å². The van der Waals surface area contributed by atoms with Gasteiger partial charge in [-0.25, -0.2) is 0 Å². The number of pyridine rings is 1. The highest BCUT2D eigenvalue weighted by Gasteiger charge is 2.09. The predicted octanol–water partition coefficient (Wildman–Crippen LogP) is 3.70. The Bertz CT molecular complexity index is 342. The number of fused-ring (bicyclic) bond motifs is 1. The topological polar surface area (TPSA) is 25.2 Å². The van der Waals surface area contributed by atoms with Gasteiger partial charge in [0.25, 0.3) is 0 Å². The van der Waals surface area contributed by atoms with Crippen LogP contribution in [-0.4, -0.2) is 11.2 Å². The normalized spacial score (nSPS) is 18.5. The second-order valence-electron chi connectivity index (χ2n) is 3.77. The summed E-state index contributed by atoms with van der Waals surface area (Å²) < 4.78 is 0. The van der Waals surface area contributed by atoms with Gasteiger partial charge in [-0.1, -0.05) is 20.8 Å². The lowest BCUT2D eigenvalue weighted by molar-refractivity contribution is 0.692. The van der Waals surface area contributed by atoms with E-state index in [4.69, 9.17) is 0 Å². The van der Waals surface area contributed by atoms with Crippen LogP contribution in [0.5, 0.6) is 0 Å². The minimum atomic E-state index is 0.578. The summed E-state index contributed by atoms with van der Waals surface area (Å²) in [6.45, 7) is 8.25. The fourth-order valence-corrected chi connectivity index (χ4v) is 1.53. The summed E-state index contributed by atoms with van der Waals surface area (Å²) in [7, 11) is 0. The molecule has 1 aromatic rings. The molecule has 0 saturated heterocycles. The second kappa shape index (κ2) is 5.64. The van der Waals surface area contributed by atoms with E-state index in [-0.39, 0.29) is 0 Å². The maximum atomic E-state index is 4.44. The number of hydrogen-bond acceptors (Lipinski definition) is 2. The molecule has 2 heteroatoms. The van der Waals surface area contributed by atoms with Crippen LogP contribution in [0.3, 0.4) is 0 Å². The highest BCUT2D eigenvalue weighted by Crippen LogP contribution is 2.23. The quantitative estimate of drug-likeness (QED) is 0.632. The van der Waals surface area contributed by atoms with Gasteiger partial charge >= 0.3 is 0 Å². The van der Waals surface area contributed by atoms with Crippen molar-refractivity contribution in [2.24, 2.45) is 10.9 Å². The minimum absolute atomic E-state index is 0.578. The molecular formula is C13H20N2. The molecule has 0 spiro atoms. The predicted molar refractivity (Wildman–Crippen MR) is 66.0 cm³/mol. The zero-order chi connectivity index (χ0) is 11.3. The van der Waals surface area contributed by atoms with Gasteiger partial charge in [-0.2, -0.15) is 0 Å². The Morgan fingerprint density at radius 3 is 2.80 bits per heavy atom. The Hall–Kier alpha value is -1.18. The summed E-state index contributed by atoms with van der Waals surface area (Å²) in [4.78, 5) is 8.84. The summed E-state index contributed by atoms with van der Waals surface area (Å²) in [5, 5.41) is 0. The molecule has 0 fully saturated rings. The highest BCUT2D eigenvalue weighted by molar-refractivity contribution is 5.67. The maximum absolute atomic E-state index is 4.44. The average molecular weight is 204 g/mol. The number of aryl methyl sites for hydroxylation is 2. The summed E-state index contributed by atoms with van der Waals surface area (Å²) >= 11 is 0. The molecule has 0 radical (unpaired) electrons. The molecule has 2 rings (SSSR count). The SMILES string of the molecule is CC.Cc1cnc2c(c1)N=CC(C)CC2. The molecule has 1 aliphatic rings. The Morgan fingerprint density at radius 1 is 1.33 bits per heavy atom. The third kappa shape index (κ3) is 3.15. The molecule has 0 amide bonds. The van der Waals surface area contributed by atoms with Crippen LogP contribution in [0.1, 0.15) is 38.4 Å². The van der Waals surface area contributed by atoms with Gasteiger partial charge in [-0.3, -0.25) is 9.98 Å². The molecule has 1 aliphatic heterocycles. The van der Waals surface area contributed by atoms with Gasteiger partial charge in [0, 0.05) is 12.4 Å². The number of aliphatic imine (C=N–C) groups is 1. The van der Waals surface area contributed by atoms with Crippen LogP contribution >= 0.6 is 0 Å².